The van der Waals surface area contributed by atoms with Crippen molar-refractivity contribution >= 4 is 0 Å². The fourth-order valence-corrected chi connectivity index (χ4v) is 2.32. The van der Waals surface area contributed by atoms with Crippen molar-refractivity contribution in [1.82, 2.24) is 20.6 Å². The molecule has 1 aromatic heterocycles. The lowest BCUT2D eigenvalue weighted by molar-refractivity contribution is 0.363. The van der Waals surface area contributed by atoms with Crippen LogP contribution >= 0.6 is 0 Å². The maximum atomic E-state index is 6.35. The third-order valence-corrected chi connectivity index (χ3v) is 3.26. The van der Waals surface area contributed by atoms with Crippen molar-refractivity contribution in [2.75, 3.05) is 0 Å². The molecule has 1 atom stereocenters. The number of fused-ring (bicyclic) bond motifs is 1. The molecule has 0 radical (unpaired) electrons. The minimum Gasteiger partial charge on any atom is -0.318 e. The first kappa shape index (κ1) is 9.47. The maximum absolute atomic E-state index is 6.35. The van der Waals surface area contributed by atoms with Crippen molar-refractivity contribution in [3.63, 3.8) is 0 Å². The zero-order chi connectivity index (χ0) is 11.0. The van der Waals surface area contributed by atoms with Crippen LogP contribution in [0.1, 0.15) is 23.4 Å². The molecule has 16 heavy (non-hydrogen) atoms. The first-order valence-electron chi connectivity index (χ1n) is 5.37. The van der Waals surface area contributed by atoms with Gasteiger partial charge in [-0.2, -0.15) is 5.21 Å². The Morgan fingerprint density at radius 2 is 2.06 bits per heavy atom. The van der Waals surface area contributed by atoms with E-state index in [-0.39, 0.29) is 0 Å². The number of aryl methyl sites for hydroxylation is 1. The lowest BCUT2D eigenvalue weighted by Gasteiger charge is -2.31. The van der Waals surface area contributed by atoms with E-state index in [1.165, 1.54) is 11.1 Å². The second-order valence-corrected chi connectivity index (χ2v) is 4.34. The Bertz CT molecular complexity index is 493. The summed E-state index contributed by atoms with van der Waals surface area (Å²) in [6.07, 6.45) is 2.62. The highest BCUT2D eigenvalue weighted by Crippen LogP contribution is 2.32. The molecule has 5 nitrogen and oxygen atoms in total. The van der Waals surface area contributed by atoms with Crippen LogP contribution in [0.2, 0.25) is 0 Å². The van der Waals surface area contributed by atoms with Crippen molar-refractivity contribution in [3.8, 4) is 0 Å². The highest BCUT2D eigenvalue weighted by Gasteiger charge is 2.35. The predicted octanol–water partition coefficient (Wildman–Crippen LogP) is 0.543. The standard InChI is InChI=1S/C11H13N5/c12-11(10-13-15-16-14-10)6-5-8-3-1-2-4-9(8)7-11/h1-4H,5-7,12H2,(H,13,14,15,16). The van der Waals surface area contributed by atoms with Crippen LogP contribution < -0.4 is 5.73 Å². The number of benzene rings is 1. The second-order valence-electron chi connectivity index (χ2n) is 4.34. The van der Waals surface area contributed by atoms with Crippen LogP contribution in [0.3, 0.4) is 0 Å². The summed E-state index contributed by atoms with van der Waals surface area (Å²) in [5, 5.41) is 14.1. The monoisotopic (exact) mass is 215 g/mol. The van der Waals surface area contributed by atoms with Gasteiger partial charge in [-0.3, -0.25) is 0 Å². The van der Waals surface area contributed by atoms with E-state index in [9.17, 15) is 0 Å². The van der Waals surface area contributed by atoms with Gasteiger partial charge >= 0.3 is 0 Å². The van der Waals surface area contributed by atoms with Gasteiger partial charge in [0.2, 0.25) is 0 Å². The molecule has 5 heteroatoms. The molecular weight excluding hydrogens is 202 g/mol. The van der Waals surface area contributed by atoms with Crippen molar-refractivity contribution in [2.24, 2.45) is 5.73 Å². The number of H-pyrrole nitrogens is 1. The Morgan fingerprint density at radius 1 is 1.25 bits per heavy atom. The lowest BCUT2D eigenvalue weighted by atomic mass is 9.78. The topological polar surface area (TPSA) is 80.5 Å². The van der Waals surface area contributed by atoms with Crippen LogP contribution in [0.15, 0.2) is 24.3 Å². The summed E-state index contributed by atoms with van der Waals surface area (Å²) in [5.74, 6) is 0.613. The van der Waals surface area contributed by atoms with E-state index in [1.54, 1.807) is 0 Å². The van der Waals surface area contributed by atoms with Crippen molar-refractivity contribution in [3.05, 3.63) is 41.2 Å². The molecule has 1 aromatic carbocycles. The smallest absolute Gasteiger partial charge is 0.194 e. The predicted molar refractivity (Wildman–Crippen MR) is 58.5 cm³/mol. The number of nitrogens with two attached hydrogens (primary N) is 1. The van der Waals surface area contributed by atoms with Gasteiger partial charge < -0.3 is 5.73 Å². The second kappa shape index (κ2) is 3.38. The van der Waals surface area contributed by atoms with Gasteiger partial charge in [-0.05, 0) is 30.4 Å². The van der Waals surface area contributed by atoms with Gasteiger partial charge in [0.25, 0.3) is 0 Å². The van der Waals surface area contributed by atoms with Crippen LogP contribution in [-0.2, 0) is 18.4 Å². The number of tetrazole rings is 1. The van der Waals surface area contributed by atoms with Gasteiger partial charge in [0.15, 0.2) is 5.82 Å². The zero-order valence-corrected chi connectivity index (χ0v) is 8.85. The van der Waals surface area contributed by atoms with Crippen molar-refractivity contribution in [1.29, 1.82) is 0 Å². The average Bonchev–Trinajstić information content (AvgIpc) is 2.83. The Hall–Kier alpha value is -1.75. The van der Waals surface area contributed by atoms with Crippen molar-refractivity contribution in [2.45, 2.75) is 24.8 Å². The molecule has 0 saturated carbocycles. The first-order chi connectivity index (χ1) is 7.78. The quantitative estimate of drug-likeness (QED) is 0.727. The molecular formula is C11H13N5. The van der Waals surface area contributed by atoms with E-state index in [1.807, 2.05) is 6.07 Å². The molecule has 3 rings (SSSR count). The Labute approximate surface area is 93.1 Å². The maximum Gasteiger partial charge on any atom is 0.194 e. The Balaban J connectivity index is 1.98. The normalized spacial score (nSPS) is 24.1. The highest BCUT2D eigenvalue weighted by atomic mass is 15.5. The number of nitrogens with one attached hydrogen (secondary N) is 1. The van der Waals surface area contributed by atoms with Gasteiger partial charge in [0, 0.05) is 0 Å². The number of hydrogen-bond donors (Lipinski definition) is 2. The van der Waals surface area contributed by atoms with E-state index < -0.39 is 5.54 Å². The molecule has 82 valence electrons. The van der Waals surface area contributed by atoms with Gasteiger partial charge in [-0.25, -0.2) is 0 Å². The number of nitrogens with zero attached hydrogens (tertiary/aromatic N) is 3. The number of rotatable bonds is 1. The van der Waals surface area contributed by atoms with Crippen LogP contribution in [0.25, 0.3) is 0 Å². The zero-order valence-electron chi connectivity index (χ0n) is 8.85. The molecule has 1 heterocycles. The molecule has 0 fully saturated rings. The molecule has 0 aliphatic heterocycles. The van der Waals surface area contributed by atoms with Crippen LogP contribution in [0.4, 0.5) is 0 Å². The Morgan fingerprint density at radius 3 is 2.81 bits per heavy atom. The summed E-state index contributed by atoms with van der Waals surface area (Å²) < 4.78 is 0. The van der Waals surface area contributed by atoms with Gasteiger partial charge in [-0.15, -0.1) is 10.2 Å². The fraction of sp³-hybridized carbons (Fsp3) is 0.364. The van der Waals surface area contributed by atoms with Gasteiger partial charge in [0.05, 0.1) is 5.54 Å². The van der Waals surface area contributed by atoms with E-state index in [4.69, 9.17) is 5.73 Å². The summed E-state index contributed by atoms with van der Waals surface area (Å²) in [7, 11) is 0. The molecule has 2 aromatic rings. The Kier molecular flexibility index (Phi) is 2.00. The SMILES string of the molecule is NC1(c2nn[nH]n2)CCc2ccccc2C1. The average molecular weight is 215 g/mol. The molecule has 1 aliphatic carbocycles. The summed E-state index contributed by atoms with van der Waals surface area (Å²) in [4.78, 5) is 0. The summed E-state index contributed by atoms with van der Waals surface area (Å²) in [6, 6.07) is 8.39. The molecule has 1 aliphatic rings. The molecule has 0 bridgehead atoms. The summed E-state index contributed by atoms with van der Waals surface area (Å²) in [6.45, 7) is 0. The largest absolute Gasteiger partial charge is 0.318 e. The molecule has 3 N–H and O–H groups in total. The first-order valence-corrected chi connectivity index (χ1v) is 5.37. The number of hydrogen-bond acceptors (Lipinski definition) is 4. The van der Waals surface area contributed by atoms with Gasteiger partial charge in [0.1, 0.15) is 0 Å². The summed E-state index contributed by atoms with van der Waals surface area (Å²) >= 11 is 0. The minimum absolute atomic E-state index is 0.471. The van der Waals surface area contributed by atoms with E-state index in [0.29, 0.717) is 5.82 Å². The van der Waals surface area contributed by atoms with E-state index in [2.05, 4.69) is 38.8 Å². The number of aromatic amines is 1. The molecule has 1 unspecified atom stereocenters. The van der Waals surface area contributed by atoms with Crippen molar-refractivity contribution < 1.29 is 0 Å². The van der Waals surface area contributed by atoms with E-state index >= 15 is 0 Å². The summed E-state index contributed by atoms with van der Waals surface area (Å²) in [5.41, 5.74) is 8.56. The van der Waals surface area contributed by atoms with Crippen LogP contribution in [0.5, 0.6) is 0 Å². The molecule has 0 spiro atoms. The van der Waals surface area contributed by atoms with Gasteiger partial charge in [-0.1, -0.05) is 29.5 Å². The number of aromatic nitrogens is 4. The fourth-order valence-electron chi connectivity index (χ4n) is 2.32. The third kappa shape index (κ3) is 1.40. The van der Waals surface area contributed by atoms with E-state index in [0.717, 1.165) is 19.3 Å². The highest BCUT2D eigenvalue weighted by molar-refractivity contribution is 5.33. The molecule has 0 amide bonds. The third-order valence-electron chi connectivity index (χ3n) is 3.26. The molecule has 0 saturated heterocycles. The van der Waals surface area contributed by atoms with Crippen LogP contribution in [-0.4, -0.2) is 20.6 Å². The lowest BCUT2D eigenvalue weighted by Crippen LogP contribution is -2.43. The minimum atomic E-state index is -0.471. The van der Waals surface area contributed by atoms with Crippen LogP contribution in [0, 0.1) is 0 Å².